The van der Waals surface area contributed by atoms with Crippen LogP contribution in [0.5, 0.6) is 5.75 Å². The summed E-state index contributed by atoms with van der Waals surface area (Å²) in [4.78, 5) is 4.53. The quantitative estimate of drug-likeness (QED) is 0.727. The third kappa shape index (κ3) is 3.50. The lowest BCUT2D eigenvalue weighted by Crippen LogP contribution is -2.32. The molecule has 5 heteroatoms. The Balaban J connectivity index is 1.77. The lowest BCUT2D eigenvalue weighted by Gasteiger charge is -2.30. The highest BCUT2D eigenvalue weighted by atomic mass is 19.4. The predicted molar refractivity (Wildman–Crippen MR) is 88.3 cm³/mol. The van der Waals surface area contributed by atoms with E-state index in [1.165, 1.54) is 0 Å². The molecular formula is C19H22F3NO. The van der Waals surface area contributed by atoms with Crippen molar-refractivity contribution >= 4 is 10.9 Å². The number of alkyl halides is 3. The lowest BCUT2D eigenvalue weighted by molar-refractivity contribution is -0.185. The van der Waals surface area contributed by atoms with Gasteiger partial charge in [0.1, 0.15) is 5.75 Å². The van der Waals surface area contributed by atoms with Crippen LogP contribution in [0.1, 0.15) is 43.9 Å². The molecule has 1 fully saturated rings. The number of hydrogen-bond donors (Lipinski definition) is 0. The number of rotatable bonds is 3. The number of nitrogens with zero attached hydrogens (tertiary/aromatic N) is 1. The summed E-state index contributed by atoms with van der Waals surface area (Å²) in [5.41, 5.74) is 2.97. The molecule has 0 N–H and O–H groups in total. The van der Waals surface area contributed by atoms with Crippen molar-refractivity contribution in [1.29, 1.82) is 0 Å². The highest BCUT2D eigenvalue weighted by Crippen LogP contribution is 2.39. The Morgan fingerprint density at radius 3 is 2.42 bits per heavy atom. The van der Waals surface area contributed by atoms with E-state index < -0.39 is 12.1 Å². The average molecular weight is 337 g/mol. The van der Waals surface area contributed by atoms with Crippen molar-refractivity contribution in [3.8, 4) is 5.75 Å². The number of halogens is 3. The maximum Gasteiger partial charge on any atom is 0.391 e. The smallest absolute Gasteiger partial charge is 0.391 e. The molecule has 1 saturated carbocycles. The van der Waals surface area contributed by atoms with Crippen LogP contribution in [0.2, 0.25) is 0 Å². The van der Waals surface area contributed by atoms with E-state index in [0.717, 1.165) is 34.3 Å². The maximum atomic E-state index is 12.8. The Labute approximate surface area is 140 Å². The van der Waals surface area contributed by atoms with Gasteiger partial charge in [-0.05, 0) is 57.2 Å². The van der Waals surface area contributed by atoms with E-state index in [-0.39, 0.29) is 18.9 Å². The number of pyridine rings is 1. The van der Waals surface area contributed by atoms with Crippen LogP contribution in [-0.2, 0) is 6.42 Å². The summed E-state index contributed by atoms with van der Waals surface area (Å²) in [7, 11) is 0. The van der Waals surface area contributed by atoms with E-state index in [2.05, 4.69) is 11.9 Å². The Morgan fingerprint density at radius 2 is 1.79 bits per heavy atom. The SMILES string of the molecule is CCc1c(OC2CCC(C(F)(F)F)CC2)ccc2nc(C)ccc12. The zero-order valence-corrected chi connectivity index (χ0v) is 14.0. The highest BCUT2D eigenvalue weighted by Gasteiger charge is 2.41. The minimum Gasteiger partial charge on any atom is -0.490 e. The summed E-state index contributed by atoms with van der Waals surface area (Å²) in [5.74, 6) is -0.391. The standard InChI is InChI=1S/C19H22F3NO/c1-3-15-16-9-4-12(2)23-17(16)10-11-18(15)24-14-7-5-13(6-8-14)19(20,21)22/h4,9-11,13-14H,3,5-8H2,1-2H3. The normalized spacial score (nSPS) is 21.9. The van der Waals surface area contributed by atoms with Crippen molar-refractivity contribution in [1.82, 2.24) is 4.98 Å². The fourth-order valence-corrected chi connectivity index (χ4v) is 3.51. The van der Waals surface area contributed by atoms with Crippen molar-refractivity contribution in [3.05, 3.63) is 35.5 Å². The molecule has 2 nitrogen and oxygen atoms in total. The van der Waals surface area contributed by atoms with Crippen molar-refractivity contribution in [2.45, 2.75) is 58.2 Å². The molecule has 0 bridgehead atoms. The van der Waals surface area contributed by atoms with Gasteiger partial charge in [0.15, 0.2) is 0 Å². The van der Waals surface area contributed by atoms with Gasteiger partial charge in [-0.3, -0.25) is 4.98 Å². The molecule has 0 unspecified atom stereocenters. The lowest BCUT2D eigenvalue weighted by atomic mass is 9.87. The van der Waals surface area contributed by atoms with E-state index in [1.54, 1.807) is 0 Å². The number of hydrogen-bond acceptors (Lipinski definition) is 2. The third-order valence-corrected chi connectivity index (χ3v) is 4.86. The number of ether oxygens (including phenoxy) is 1. The summed E-state index contributed by atoms with van der Waals surface area (Å²) < 4.78 is 44.4. The molecule has 0 aliphatic heterocycles. The molecular weight excluding hydrogens is 315 g/mol. The van der Waals surface area contributed by atoms with E-state index >= 15 is 0 Å². The van der Waals surface area contributed by atoms with Gasteiger partial charge in [0, 0.05) is 16.6 Å². The van der Waals surface area contributed by atoms with Crippen molar-refractivity contribution < 1.29 is 17.9 Å². The number of aryl methyl sites for hydroxylation is 2. The van der Waals surface area contributed by atoms with Crippen molar-refractivity contribution in [3.63, 3.8) is 0 Å². The fourth-order valence-electron chi connectivity index (χ4n) is 3.51. The first kappa shape index (κ1) is 17.1. The van der Waals surface area contributed by atoms with Crippen LogP contribution in [0.25, 0.3) is 10.9 Å². The van der Waals surface area contributed by atoms with Gasteiger partial charge < -0.3 is 4.74 Å². The van der Waals surface area contributed by atoms with Crippen LogP contribution in [-0.4, -0.2) is 17.3 Å². The molecule has 3 rings (SSSR count). The van der Waals surface area contributed by atoms with Gasteiger partial charge in [-0.15, -0.1) is 0 Å². The molecule has 1 aliphatic rings. The molecule has 0 atom stereocenters. The van der Waals surface area contributed by atoms with Gasteiger partial charge in [-0.2, -0.15) is 13.2 Å². The molecule has 130 valence electrons. The number of aromatic nitrogens is 1. The van der Waals surface area contributed by atoms with Crippen LogP contribution in [0.15, 0.2) is 24.3 Å². The number of fused-ring (bicyclic) bond motifs is 1. The molecule has 0 amide bonds. The monoisotopic (exact) mass is 337 g/mol. The molecule has 1 aromatic heterocycles. The van der Waals surface area contributed by atoms with Gasteiger partial charge in [0.2, 0.25) is 0 Å². The highest BCUT2D eigenvalue weighted by molar-refractivity contribution is 5.84. The van der Waals surface area contributed by atoms with Gasteiger partial charge in [-0.1, -0.05) is 13.0 Å². The predicted octanol–water partition coefficient (Wildman–Crippen LogP) is 5.61. The Kier molecular flexibility index (Phi) is 4.70. The van der Waals surface area contributed by atoms with Gasteiger partial charge in [0.25, 0.3) is 0 Å². The summed E-state index contributed by atoms with van der Waals surface area (Å²) in [6, 6.07) is 7.85. The van der Waals surface area contributed by atoms with Crippen LogP contribution in [0.4, 0.5) is 13.2 Å². The fraction of sp³-hybridized carbons (Fsp3) is 0.526. The Hall–Kier alpha value is -1.78. The van der Waals surface area contributed by atoms with Gasteiger partial charge in [-0.25, -0.2) is 0 Å². The van der Waals surface area contributed by atoms with E-state index in [4.69, 9.17) is 4.74 Å². The summed E-state index contributed by atoms with van der Waals surface area (Å²) in [6.07, 6.45) is -2.19. The van der Waals surface area contributed by atoms with E-state index in [9.17, 15) is 13.2 Å². The van der Waals surface area contributed by atoms with Crippen LogP contribution < -0.4 is 4.74 Å². The van der Waals surface area contributed by atoms with Crippen LogP contribution in [0, 0.1) is 12.8 Å². The molecule has 2 aromatic rings. The first-order valence-electron chi connectivity index (χ1n) is 8.51. The number of benzene rings is 1. The van der Waals surface area contributed by atoms with E-state index in [0.29, 0.717) is 12.8 Å². The summed E-state index contributed by atoms with van der Waals surface area (Å²) >= 11 is 0. The zero-order chi connectivity index (χ0) is 17.3. The molecule has 1 heterocycles. The van der Waals surface area contributed by atoms with Crippen LogP contribution >= 0.6 is 0 Å². The second-order valence-corrected chi connectivity index (χ2v) is 6.55. The minimum atomic E-state index is -4.08. The summed E-state index contributed by atoms with van der Waals surface area (Å²) in [6.45, 7) is 4.01. The molecule has 0 spiro atoms. The molecule has 0 saturated heterocycles. The molecule has 24 heavy (non-hydrogen) atoms. The van der Waals surface area contributed by atoms with Crippen LogP contribution in [0.3, 0.4) is 0 Å². The van der Waals surface area contributed by atoms with Gasteiger partial charge >= 0.3 is 6.18 Å². The second kappa shape index (κ2) is 6.61. The largest absolute Gasteiger partial charge is 0.490 e. The Morgan fingerprint density at radius 1 is 1.08 bits per heavy atom. The van der Waals surface area contributed by atoms with Crippen molar-refractivity contribution in [2.75, 3.05) is 0 Å². The third-order valence-electron chi connectivity index (χ3n) is 4.86. The summed E-state index contributed by atoms with van der Waals surface area (Å²) in [5, 5.41) is 1.06. The first-order chi connectivity index (χ1) is 11.4. The minimum absolute atomic E-state index is 0.134. The Bertz CT molecular complexity index is 718. The van der Waals surface area contributed by atoms with Crippen molar-refractivity contribution in [2.24, 2.45) is 5.92 Å². The van der Waals surface area contributed by atoms with Gasteiger partial charge in [0.05, 0.1) is 17.5 Å². The molecule has 1 aliphatic carbocycles. The van der Waals surface area contributed by atoms with E-state index in [1.807, 2.05) is 31.2 Å². The zero-order valence-electron chi connectivity index (χ0n) is 14.0. The molecule has 1 aromatic carbocycles. The second-order valence-electron chi connectivity index (χ2n) is 6.55. The molecule has 0 radical (unpaired) electrons. The maximum absolute atomic E-state index is 12.8. The average Bonchev–Trinajstić information content (AvgIpc) is 2.54. The topological polar surface area (TPSA) is 22.1 Å². The first-order valence-corrected chi connectivity index (χ1v) is 8.51.